The summed E-state index contributed by atoms with van der Waals surface area (Å²) in [7, 11) is 0. The Morgan fingerprint density at radius 2 is 1.47 bits per heavy atom. The summed E-state index contributed by atoms with van der Waals surface area (Å²) < 4.78 is 5.63. The van der Waals surface area contributed by atoms with Gasteiger partial charge in [0.2, 0.25) is 0 Å². The Morgan fingerprint density at radius 1 is 0.882 bits per heavy atom. The van der Waals surface area contributed by atoms with E-state index in [1.165, 1.54) is 0 Å². The lowest BCUT2D eigenvalue weighted by Crippen LogP contribution is -2.09. The first-order valence-corrected chi connectivity index (χ1v) is 5.59. The van der Waals surface area contributed by atoms with Gasteiger partial charge in [-0.25, -0.2) is 0 Å². The molecular weight excluding hydrogens is 212 g/mol. The van der Waals surface area contributed by atoms with Gasteiger partial charge in [0.1, 0.15) is 0 Å². The average Bonchev–Trinajstić information content (AvgIpc) is 2.42. The van der Waals surface area contributed by atoms with Crippen molar-refractivity contribution in [2.24, 2.45) is 0 Å². The number of aliphatic hydroxyl groups is 1. The zero-order valence-corrected chi connectivity index (χ0v) is 9.54. The molecule has 2 rings (SSSR count). The van der Waals surface area contributed by atoms with E-state index in [4.69, 9.17) is 4.74 Å². The number of rotatable bonds is 5. The van der Waals surface area contributed by atoms with Crippen molar-refractivity contribution in [3.05, 3.63) is 77.9 Å². The molecule has 87 valence electrons. The number of hydrogen-bond acceptors (Lipinski definition) is 2. The largest absolute Gasteiger partial charge is 0.393 e. The van der Waals surface area contributed by atoms with E-state index in [0.717, 1.165) is 11.1 Å². The van der Waals surface area contributed by atoms with E-state index in [0.29, 0.717) is 12.7 Å². The molecule has 0 fully saturated rings. The third-order valence-corrected chi connectivity index (χ3v) is 2.50. The van der Waals surface area contributed by atoms with E-state index in [2.05, 4.69) is 0 Å². The van der Waals surface area contributed by atoms with Crippen molar-refractivity contribution in [2.45, 2.75) is 6.61 Å². The van der Waals surface area contributed by atoms with Crippen LogP contribution in [-0.2, 0) is 11.3 Å². The third kappa shape index (κ3) is 3.41. The number of ether oxygens (including phenoxy) is 1. The molecule has 0 spiro atoms. The fourth-order valence-electron chi connectivity index (χ4n) is 1.59. The van der Waals surface area contributed by atoms with Gasteiger partial charge < -0.3 is 9.84 Å². The van der Waals surface area contributed by atoms with Crippen LogP contribution in [0.3, 0.4) is 0 Å². The van der Waals surface area contributed by atoms with Crippen LogP contribution in [-0.4, -0.2) is 11.7 Å². The number of hydrogen-bond donors (Lipinski definition) is 1. The lowest BCUT2D eigenvalue weighted by Gasteiger charge is -2.14. The summed E-state index contributed by atoms with van der Waals surface area (Å²) >= 11 is 0. The Bertz CT molecular complexity index is 425. The first-order chi connectivity index (χ1) is 8.40. The molecule has 2 aromatic rings. The van der Waals surface area contributed by atoms with Crippen LogP contribution in [0.1, 0.15) is 11.1 Å². The minimum atomic E-state index is -0.0865. The highest BCUT2D eigenvalue weighted by Crippen LogP contribution is 2.17. The van der Waals surface area contributed by atoms with Gasteiger partial charge in [-0.3, -0.25) is 0 Å². The van der Waals surface area contributed by atoms with Gasteiger partial charge in [-0.05, 0) is 11.1 Å². The lowest BCUT2D eigenvalue weighted by atomic mass is 10.1. The van der Waals surface area contributed by atoms with Crippen molar-refractivity contribution in [3.63, 3.8) is 0 Å². The van der Waals surface area contributed by atoms with Crippen molar-refractivity contribution in [1.29, 1.82) is 0 Å². The van der Waals surface area contributed by atoms with Crippen LogP contribution in [0.2, 0.25) is 0 Å². The maximum Gasteiger partial charge on any atom is 0.152 e. The second kappa shape index (κ2) is 6.18. The van der Waals surface area contributed by atoms with Gasteiger partial charge >= 0.3 is 0 Å². The van der Waals surface area contributed by atoms with E-state index in [1.54, 1.807) is 0 Å². The molecule has 1 radical (unpaired) electrons. The fourth-order valence-corrected chi connectivity index (χ4v) is 1.59. The highest BCUT2D eigenvalue weighted by atomic mass is 16.5. The molecule has 0 saturated heterocycles. The van der Waals surface area contributed by atoms with E-state index < -0.39 is 0 Å². The molecule has 0 amide bonds. The molecule has 0 aliphatic heterocycles. The molecule has 0 aliphatic carbocycles. The van der Waals surface area contributed by atoms with Gasteiger partial charge in [0.05, 0.1) is 13.2 Å². The predicted molar refractivity (Wildman–Crippen MR) is 67.1 cm³/mol. The van der Waals surface area contributed by atoms with Gasteiger partial charge in [-0.15, -0.1) is 0 Å². The lowest BCUT2D eigenvalue weighted by molar-refractivity contribution is 0.102. The summed E-state index contributed by atoms with van der Waals surface area (Å²) in [5, 5.41) is 9.30. The normalized spacial score (nSPS) is 10.7. The minimum Gasteiger partial charge on any atom is -0.393 e. The van der Waals surface area contributed by atoms with Crippen molar-refractivity contribution in [1.82, 2.24) is 0 Å². The molecule has 2 aromatic carbocycles. The molecule has 0 unspecified atom stereocenters. The van der Waals surface area contributed by atoms with E-state index in [1.807, 2.05) is 60.7 Å². The number of benzene rings is 2. The SMILES string of the molecule is OC[C](OCc1ccccc1)c1ccccc1. The summed E-state index contributed by atoms with van der Waals surface area (Å²) in [5.41, 5.74) is 2.01. The van der Waals surface area contributed by atoms with E-state index in [9.17, 15) is 5.11 Å². The molecule has 17 heavy (non-hydrogen) atoms. The standard InChI is InChI=1S/C15H15O2/c16-11-15(14-9-5-2-6-10-14)17-12-13-7-3-1-4-8-13/h1-10,16H,11-12H2. The van der Waals surface area contributed by atoms with Crippen LogP contribution in [0, 0.1) is 6.10 Å². The molecule has 2 nitrogen and oxygen atoms in total. The highest BCUT2D eigenvalue weighted by Gasteiger charge is 2.11. The van der Waals surface area contributed by atoms with E-state index >= 15 is 0 Å². The fraction of sp³-hybridized carbons (Fsp3) is 0.133. The minimum absolute atomic E-state index is 0.0865. The number of aliphatic hydroxyl groups excluding tert-OH is 1. The quantitative estimate of drug-likeness (QED) is 0.851. The summed E-state index contributed by atoms with van der Waals surface area (Å²) in [4.78, 5) is 0. The van der Waals surface area contributed by atoms with Crippen molar-refractivity contribution >= 4 is 0 Å². The average molecular weight is 227 g/mol. The third-order valence-electron chi connectivity index (χ3n) is 2.50. The molecule has 0 bridgehead atoms. The second-order valence-electron chi connectivity index (χ2n) is 3.72. The first-order valence-electron chi connectivity index (χ1n) is 5.59. The van der Waals surface area contributed by atoms with Crippen molar-refractivity contribution in [3.8, 4) is 0 Å². The van der Waals surface area contributed by atoms with Gasteiger partial charge in [0.15, 0.2) is 6.10 Å². The molecular formula is C15H15O2. The van der Waals surface area contributed by atoms with Crippen LogP contribution in [0.5, 0.6) is 0 Å². The van der Waals surface area contributed by atoms with Crippen LogP contribution < -0.4 is 0 Å². The Balaban J connectivity index is 1.97. The van der Waals surface area contributed by atoms with Crippen molar-refractivity contribution < 1.29 is 9.84 Å². The van der Waals surface area contributed by atoms with Crippen molar-refractivity contribution in [2.75, 3.05) is 6.61 Å². The molecule has 2 heteroatoms. The Kier molecular flexibility index (Phi) is 4.30. The maximum absolute atomic E-state index is 9.30. The van der Waals surface area contributed by atoms with Gasteiger partial charge in [0.25, 0.3) is 0 Å². The smallest absolute Gasteiger partial charge is 0.152 e. The monoisotopic (exact) mass is 227 g/mol. The Labute approximate surface area is 101 Å². The van der Waals surface area contributed by atoms with Gasteiger partial charge in [-0.1, -0.05) is 60.7 Å². The van der Waals surface area contributed by atoms with Crippen LogP contribution in [0.4, 0.5) is 0 Å². The summed E-state index contributed by atoms with van der Waals surface area (Å²) in [5.74, 6) is 0. The van der Waals surface area contributed by atoms with Gasteiger partial charge in [0, 0.05) is 0 Å². The molecule has 0 saturated carbocycles. The molecule has 0 heterocycles. The van der Waals surface area contributed by atoms with Crippen LogP contribution >= 0.6 is 0 Å². The summed E-state index contributed by atoms with van der Waals surface area (Å²) in [6.45, 7) is 0.391. The Hall–Kier alpha value is -1.64. The maximum atomic E-state index is 9.30. The molecule has 0 atom stereocenters. The Morgan fingerprint density at radius 3 is 2.06 bits per heavy atom. The van der Waals surface area contributed by atoms with Gasteiger partial charge in [-0.2, -0.15) is 0 Å². The molecule has 0 aromatic heterocycles. The zero-order valence-electron chi connectivity index (χ0n) is 9.54. The first kappa shape index (κ1) is 11.8. The molecule has 1 N–H and O–H groups in total. The molecule has 0 aliphatic rings. The topological polar surface area (TPSA) is 29.5 Å². The summed E-state index contributed by atoms with van der Waals surface area (Å²) in [6.07, 6.45) is 0.606. The van der Waals surface area contributed by atoms with Crippen LogP contribution in [0.15, 0.2) is 60.7 Å². The highest BCUT2D eigenvalue weighted by molar-refractivity contribution is 5.27. The zero-order chi connectivity index (χ0) is 11.9. The van der Waals surface area contributed by atoms with E-state index in [-0.39, 0.29) is 6.61 Å². The van der Waals surface area contributed by atoms with Crippen LogP contribution in [0.25, 0.3) is 0 Å². The predicted octanol–water partition coefficient (Wildman–Crippen LogP) is 2.78. The second-order valence-corrected chi connectivity index (χ2v) is 3.72. The summed E-state index contributed by atoms with van der Waals surface area (Å²) in [6, 6.07) is 19.6.